The minimum Gasteiger partial charge on any atom is -0.378 e. The summed E-state index contributed by atoms with van der Waals surface area (Å²) in [5.41, 5.74) is 3.20. The van der Waals surface area contributed by atoms with Gasteiger partial charge in [0.15, 0.2) is 5.78 Å². The normalized spacial score (nSPS) is 29.5. The quantitative estimate of drug-likeness (QED) is 0.663. The summed E-state index contributed by atoms with van der Waals surface area (Å²) in [6.07, 6.45) is 8.01. The first-order chi connectivity index (χ1) is 14.0. The van der Waals surface area contributed by atoms with Gasteiger partial charge in [0.1, 0.15) is 0 Å². The largest absolute Gasteiger partial charge is 0.378 e. The molecule has 0 aliphatic heterocycles. The zero-order valence-corrected chi connectivity index (χ0v) is 16.9. The van der Waals surface area contributed by atoms with E-state index in [2.05, 4.69) is 16.7 Å². The third-order valence-corrected chi connectivity index (χ3v) is 7.17. The van der Waals surface area contributed by atoms with Crippen molar-refractivity contribution in [3.8, 4) is 0 Å². The van der Waals surface area contributed by atoms with Gasteiger partial charge in [-0.25, -0.2) is 0 Å². The number of para-hydroxylation sites is 2. The number of nitrogens with one attached hydrogen (secondary N) is 2. The Kier molecular flexibility index (Phi) is 4.45. The van der Waals surface area contributed by atoms with Gasteiger partial charge in [0.25, 0.3) is 5.91 Å². The zero-order chi connectivity index (χ0) is 20.0. The SMILES string of the molecule is CC(=O)c1ccc(C(=O)Nc2ccccc2NC23CC4CC(CC(C4)C2)C3)cc1. The smallest absolute Gasteiger partial charge is 0.255 e. The fraction of sp³-hybridized carbons (Fsp3) is 0.440. The molecule has 0 saturated heterocycles. The van der Waals surface area contributed by atoms with E-state index in [1.165, 1.54) is 45.4 Å². The van der Waals surface area contributed by atoms with Crippen molar-refractivity contribution in [1.82, 2.24) is 0 Å². The number of Topliss-reactive ketones (excluding diaryl/α,β-unsaturated/α-hetero) is 1. The van der Waals surface area contributed by atoms with E-state index in [1.807, 2.05) is 18.2 Å². The van der Waals surface area contributed by atoms with Crippen LogP contribution < -0.4 is 10.6 Å². The van der Waals surface area contributed by atoms with E-state index in [9.17, 15) is 9.59 Å². The van der Waals surface area contributed by atoms with Crippen LogP contribution in [0.5, 0.6) is 0 Å². The molecule has 150 valence electrons. The van der Waals surface area contributed by atoms with Gasteiger partial charge in [-0.3, -0.25) is 9.59 Å². The first-order valence-electron chi connectivity index (χ1n) is 10.8. The van der Waals surface area contributed by atoms with Gasteiger partial charge in [-0.15, -0.1) is 0 Å². The molecule has 4 nitrogen and oxygen atoms in total. The molecule has 4 saturated carbocycles. The van der Waals surface area contributed by atoms with Gasteiger partial charge in [-0.2, -0.15) is 0 Å². The molecule has 4 aliphatic rings. The summed E-state index contributed by atoms with van der Waals surface area (Å²) in [6.45, 7) is 1.53. The van der Waals surface area contributed by atoms with Crippen LogP contribution in [0.1, 0.15) is 66.2 Å². The van der Waals surface area contributed by atoms with Gasteiger partial charge in [-0.1, -0.05) is 24.3 Å². The minimum atomic E-state index is -0.153. The van der Waals surface area contributed by atoms with Crippen LogP contribution in [-0.4, -0.2) is 17.2 Å². The highest BCUT2D eigenvalue weighted by atomic mass is 16.1. The Labute approximate surface area is 172 Å². The number of carbonyl (C=O) groups excluding carboxylic acids is 2. The van der Waals surface area contributed by atoms with Gasteiger partial charge in [0.05, 0.1) is 11.4 Å². The van der Waals surface area contributed by atoms with Gasteiger partial charge in [0, 0.05) is 16.7 Å². The number of benzene rings is 2. The number of amides is 1. The molecule has 0 radical (unpaired) electrons. The van der Waals surface area contributed by atoms with Crippen molar-refractivity contribution in [3.05, 3.63) is 59.7 Å². The lowest BCUT2D eigenvalue weighted by Gasteiger charge is -2.57. The molecule has 4 aliphatic carbocycles. The van der Waals surface area contributed by atoms with Crippen molar-refractivity contribution in [2.24, 2.45) is 17.8 Å². The molecule has 4 bridgehead atoms. The summed E-state index contributed by atoms with van der Waals surface area (Å²) in [5.74, 6) is 2.46. The zero-order valence-electron chi connectivity index (χ0n) is 16.9. The lowest BCUT2D eigenvalue weighted by atomic mass is 9.53. The van der Waals surface area contributed by atoms with Crippen LogP contribution in [0.4, 0.5) is 11.4 Å². The van der Waals surface area contributed by atoms with Crippen LogP contribution >= 0.6 is 0 Å². The Morgan fingerprint density at radius 2 is 1.31 bits per heavy atom. The first-order valence-corrected chi connectivity index (χ1v) is 10.8. The topological polar surface area (TPSA) is 58.2 Å². The summed E-state index contributed by atoms with van der Waals surface area (Å²) in [4.78, 5) is 24.2. The van der Waals surface area contributed by atoms with Gasteiger partial charge in [-0.05, 0) is 87.5 Å². The molecule has 6 rings (SSSR count). The molecule has 0 heterocycles. The number of carbonyl (C=O) groups is 2. The van der Waals surface area contributed by atoms with Crippen LogP contribution in [0.3, 0.4) is 0 Å². The third-order valence-electron chi connectivity index (χ3n) is 7.17. The second kappa shape index (κ2) is 7.01. The molecule has 1 amide bonds. The predicted octanol–water partition coefficient (Wildman–Crippen LogP) is 5.52. The van der Waals surface area contributed by atoms with Crippen LogP contribution in [-0.2, 0) is 0 Å². The van der Waals surface area contributed by atoms with E-state index in [-0.39, 0.29) is 17.2 Å². The molecule has 0 aromatic heterocycles. The maximum absolute atomic E-state index is 12.8. The summed E-state index contributed by atoms with van der Waals surface area (Å²) >= 11 is 0. The molecule has 2 aromatic rings. The van der Waals surface area contributed by atoms with E-state index in [1.54, 1.807) is 24.3 Å². The number of hydrogen-bond donors (Lipinski definition) is 2. The van der Waals surface area contributed by atoms with Gasteiger partial charge < -0.3 is 10.6 Å². The van der Waals surface area contributed by atoms with E-state index < -0.39 is 0 Å². The second-order valence-corrected chi connectivity index (χ2v) is 9.46. The number of hydrogen-bond acceptors (Lipinski definition) is 3. The Balaban J connectivity index is 1.35. The van der Waals surface area contributed by atoms with Crippen molar-refractivity contribution < 1.29 is 9.59 Å². The highest BCUT2D eigenvalue weighted by molar-refractivity contribution is 6.06. The Morgan fingerprint density at radius 3 is 1.86 bits per heavy atom. The van der Waals surface area contributed by atoms with Crippen LogP contribution in [0.15, 0.2) is 48.5 Å². The first kappa shape index (κ1) is 18.4. The van der Waals surface area contributed by atoms with E-state index in [4.69, 9.17) is 0 Å². The van der Waals surface area contributed by atoms with Crippen molar-refractivity contribution in [2.75, 3.05) is 10.6 Å². The monoisotopic (exact) mass is 388 g/mol. The molecule has 2 aromatic carbocycles. The molecule has 2 N–H and O–H groups in total. The number of rotatable bonds is 5. The molecular formula is C25H28N2O2. The third kappa shape index (κ3) is 3.57. The van der Waals surface area contributed by atoms with Crippen molar-refractivity contribution in [2.45, 2.75) is 51.0 Å². The van der Waals surface area contributed by atoms with Crippen molar-refractivity contribution in [1.29, 1.82) is 0 Å². The molecule has 4 heteroatoms. The predicted molar refractivity (Wildman–Crippen MR) is 115 cm³/mol. The highest BCUT2D eigenvalue weighted by Crippen LogP contribution is 2.56. The van der Waals surface area contributed by atoms with Crippen LogP contribution in [0.25, 0.3) is 0 Å². The van der Waals surface area contributed by atoms with Crippen LogP contribution in [0, 0.1) is 17.8 Å². The minimum absolute atomic E-state index is 0.00192. The second-order valence-electron chi connectivity index (χ2n) is 9.46. The van der Waals surface area contributed by atoms with Crippen LogP contribution in [0.2, 0.25) is 0 Å². The average molecular weight is 389 g/mol. The molecular weight excluding hydrogens is 360 g/mol. The summed E-state index contributed by atoms with van der Waals surface area (Å²) in [7, 11) is 0. The van der Waals surface area contributed by atoms with E-state index in [0.29, 0.717) is 11.1 Å². The molecule has 0 spiro atoms. The fourth-order valence-corrected chi connectivity index (χ4v) is 6.30. The number of anilines is 2. The molecule has 4 fully saturated rings. The summed E-state index contributed by atoms with van der Waals surface area (Å²) in [5, 5.41) is 6.95. The Bertz CT molecular complexity index is 912. The fourth-order valence-electron chi connectivity index (χ4n) is 6.30. The maximum Gasteiger partial charge on any atom is 0.255 e. The molecule has 29 heavy (non-hydrogen) atoms. The average Bonchev–Trinajstić information content (AvgIpc) is 2.68. The van der Waals surface area contributed by atoms with Crippen molar-refractivity contribution >= 4 is 23.1 Å². The summed E-state index contributed by atoms with van der Waals surface area (Å²) in [6, 6.07) is 14.9. The maximum atomic E-state index is 12.8. The number of ketones is 1. The van der Waals surface area contributed by atoms with E-state index in [0.717, 1.165) is 29.1 Å². The Hall–Kier alpha value is -2.62. The lowest BCUT2D eigenvalue weighted by molar-refractivity contribution is 0.0107. The highest BCUT2D eigenvalue weighted by Gasteiger charge is 2.51. The standard InChI is InChI=1S/C25H28N2O2/c1-16(28)20-6-8-21(9-7-20)24(29)26-22-4-2-3-5-23(22)27-25-13-17-10-18(14-25)12-19(11-17)15-25/h2-9,17-19,27H,10-15H2,1H3,(H,26,29). The van der Waals surface area contributed by atoms with Crippen molar-refractivity contribution in [3.63, 3.8) is 0 Å². The Morgan fingerprint density at radius 1 is 0.793 bits per heavy atom. The van der Waals surface area contributed by atoms with E-state index >= 15 is 0 Å². The van der Waals surface area contributed by atoms with Gasteiger partial charge >= 0.3 is 0 Å². The lowest BCUT2D eigenvalue weighted by Crippen LogP contribution is -2.54. The van der Waals surface area contributed by atoms with Gasteiger partial charge in [0.2, 0.25) is 0 Å². The summed E-state index contributed by atoms with van der Waals surface area (Å²) < 4.78 is 0. The molecule has 0 unspecified atom stereocenters. The molecule has 0 atom stereocenters.